The molecule has 8 heteroatoms. The van der Waals surface area contributed by atoms with Crippen LogP contribution < -0.4 is 16.0 Å². The van der Waals surface area contributed by atoms with Crippen LogP contribution in [-0.4, -0.2) is 38.6 Å². The Morgan fingerprint density at radius 1 is 1.18 bits per heavy atom. The Morgan fingerprint density at radius 2 is 1.94 bits per heavy atom. The van der Waals surface area contributed by atoms with Crippen LogP contribution in [0.15, 0.2) is 32.7 Å². The van der Waals surface area contributed by atoms with E-state index in [0.717, 1.165) is 36.1 Å². The molecule has 1 N–H and O–H groups in total. The molecule has 4 saturated carbocycles. The highest BCUT2D eigenvalue weighted by atomic mass is 32.2. The molecule has 7 rings (SSSR count). The molecule has 1 saturated heterocycles. The molecule has 1 aromatic heterocycles. The second kappa shape index (κ2) is 6.75. The summed E-state index contributed by atoms with van der Waals surface area (Å²) in [4.78, 5) is 43.1. The van der Waals surface area contributed by atoms with Gasteiger partial charge >= 0.3 is 5.69 Å². The maximum atomic E-state index is 13.7. The second-order valence-corrected chi connectivity index (χ2v) is 12.3. The molecule has 1 amide bonds. The van der Waals surface area contributed by atoms with Gasteiger partial charge in [-0.15, -0.1) is 0 Å². The van der Waals surface area contributed by atoms with Crippen molar-refractivity contribution >= 4 is 28.8 Å². The summed E-state index contributed by atoms with van der Waals surface area (Å²) in [6, 6.07) is 5.65. The van der Waals surface area contributed by atoms with Crippen LogP contribution in [0, 0.1) is 17.3 Å². The summed E-state index contributed by atoms with van der Waals surface area (Å²) in [5, 5.41) is 0.607. The van der Waals surface area contributed by atoms with Crippen LogP contribution in [0.1, 0.15) is 57.9 Å². The topological polar surface area (TPSA) is 76.3 Å². The number of fused-ring (bicyclic) bond motifs is 2. The van der Waals surface area contributed by atoms with Crippen LogP contribution in [0.25, 0.3) is 10.9 Å². The standard InChI is InChI=1S/C25H30N4O3S/c1-24(7-8-24)26-33-18-4-5-20-19(10-18)21(30)29(23(32)28(20)13-15-2-3-15)17-6-9-27(14-17)22(31)25-11-16(25)12-25/h4-5,10,15-17,26H,2-3,6-9,11-14H2,1H3. The molecule has 7 nitrogen and oxygen atoms in total. The van der Waals surface area contributed by atoms with Crippen LogP contribution in [-0.2, 0) is 11.3 Å². The van der Waals surface area contributed by atoms with E-state index in [-0.39, 0.29) is 34.2 Å². The lowest BCUT2D eigenvalue weighted by Crippen LogP contribution is -2.44. The van der Waals surface area contributed by atoms with E-state index < -0.39 is 0 Å². The molecule has 33 heavy (non-hydrogen) atoms. The first-order valence-electron chi connectivity index (χ1n) is 12.4. The van der Waals surface area contributed by atoms with Gasteiger partial charge in [0.05, 0.1) is 22.4 Å². The lowest BCUT2D eigenvalue weighted by molar-refractivity contribution is -0.133. The molecule has 2 heterocycles. The third-order valence-electron chi connectivity index (χ3n) is 8.62. The van der Waals surface area contributed by atoms with Gasteiger partial charge in [0.1, 0.15) is 0 Å². The minimum Gasteiger partial charge on any atom is -0.340 e. The molecule has 0 bridgehead atoms. The van der Waals surface area contributed by atoms with Crippen molar-refractivity contribution in [3.8, 4) is 0 Å². The van der Waals surface area contributed by atoms with Gasteiger partial charge in [0.25, 0.3) is 5.56 Å². The summed E-state index contributed by atoms with van der Waals surface area (Å²) in [6.07, 6.45) is 7.34. The Hall–Kier alpha value is -2.06. The van der Waals surface area contributed by atoms with Gasteiger partial charge in [-0.05, 0) is 93.9 Å². The highest BCUT2D eigenvalue weighted by Gasteiger charge is 2.75. The average molecular weight is 467 g/mol. The van der Waals surface area contributed by atoms with E-state index in [9.17, 15) is 14.4 Å². The molecule has 1 aromatic carbocycles. The van der Waals surface area contributed by atoms with E-state index in [1.807, 2.05) is 27.7 Å². The fourth-order valence-electron chi connectivity index (χ4n) is 5.47. The minimum atomic E-state index is -0.240. The third-order valence-corrected chi connectivity index (χ3v) is 9.71. The predicted octanol–water partition coefficient (Wildman–Crippen LogP) is 2.91. The van der Waals surface area contributed by atoms with Crippen LogP contribution in [0.5, 0.6) is 0 Å². The Morgan fingerprint density at radius 3 is 2.61 bits per heavy atom. The number of nitrogens with one attached hydrogen (secondary N) is 1. The van der Waals surface area contributed by atoms with Gasteiger partial charge in [-0.2, -0.15) is 0 Å². The zero-order valence-electron chi connectivity index (χ0n) is 19.0. The van der Waals surface area contributed by atoms with Crippen molar-refractivity contribution in [3.63, 3.8) is 0 Å². The molecule has 5 aliphatic rings. The minimum absolute atomic E-state index is 0.0628. The highest BCUT2D eigenvalue weighted by molar-refractivity contribution is 7.97. The summed E-state index contributed by atoms with van der Waals surface area (Å²) >= 11 is 1.57. The maximum Gasteiger partial charge on any atom is 0.331 e. The number of rotatable bonds is 7. The van der Waals surface area contributed by atoms with Gasteiger partial charge in [0.15, 0.2) is 0 Å². The monoisotopic (exact) mass is 466 g/mol. The van der Waals surface area contributed by atoms with Gasteiger partial charge < -0.3 is 4.90 Å². The molecule has 1 unspecified atom stereocenters. The van der Waals surface area contributed by atoms with Crippen molar-refractivity contribution in [2.75, 3.05) is 13.1 Å². The number of hydrogen-bond acceptors (Lipinski definition) is 5. The van der Waals surface area contributed by atoms with Crippen LogP contribution in [0.4, 0.5) is 0 Å². The summed E-state index contributed by atoms with van der Waals surface area (Å²) in [5.74, 6) is 1.37. The first-order valence-corrected chi connectivity index (χ1v) is 13.2. The molecule has 5 fully saturated rings. The maximum absolute atomic E-state index is 13.7. The van der Waals surface area contributed by atoms with Gasteiger partial charge in [0.2, 0.25) is 5.91 Å². The summed E-state index contributed by atoms with van der Waals surface area (Å²) < 4.78 is 6.80. The summed E-state index contributed by atoms with van der Waals surface area (Å²) in [5.41, 5.74) is 0.435. The number of carbonyl (C=O) groups is 1. The van der Waals surface area contributed by atoms with Gasteiger partial charge in [-0.25, -0.2) is 4.79 Å². The molecule has 1 aliphatic heterocycles. The van der Waals surface area contributed by atoms with E-state index in [4.69, 9.17) is 0 Å². The van der Waals surface area contributed by atoms with Crippen molar-refractivity contribution in [2.24, 2.45) is 17.3 Å². The quantitative estimate of drug-likeness (QED) is 0.635. The van der Waals surface area contributed by atoms with Crippen LogP contribution >= 0.6 is 11.9 Å². The van der Waals surface area contributed by atoms with Crippen molar-refractivity contribution in [2.45, 2.75) is 74.9 Å². The highest BCUT2D eigenvalue weighted by Crippen LogP contribution is 2.76. The molecule has 4 aliphatic carbocycles. The fraction of sp³-hybridized carbons (Fsp3) is 0.640. The van der Waals surface area contributed by atoms with E-state index >= 15 is 0 Å². The van der Waals surface area contributed by atoms with Crippen molar-refractivity contribution in [1.29, 1.82) is 0 Å². The molecular formula is C25H30N4O3S. The zero-order valence-corrected chi connectivity index (χ0v) is 19.8. The number of amides is 1. The molecule has 0 spiro atoms. The number of nitrogens with zero attached hydrogens (tertiary/aromatic N) is 3. The Balaban J connectivity index is 1.26. The molecule has 1 atom stereocenters. The Kier molecular flexibility index (Phi) is 4.16. The number of carbonyl (C=O) groups excluding carboxylic acids is 1. The molecule has 0 radical (unpaired) electrons. The van der Waals surface area contributed by atoms with E-state index in [1.54, 1.807) is 11.9 Å². The van der Waals surface area contributed by atoms with Crippen molar-refractivity contribution in [3.05, 3.63) is 39.0 Å². The zero-order chi connectivity index (χ0) is 22.5. The first kappa shape index (κ1) is 20.3. The molecular weight excluding hydrogens is 436 g/mol. The Labute approximate surface area is 196 Å². The largest absolute Gasteiger partial charge is 0.340 e. The van der Waals surface area contributed by atoms with Gasteiger partial charge in [0, 0.05) is 30.1 Å². The number of benzene rings is 1. The van der Waals surface area contributed by atoms with E-state index in [0.29, 0.717) is 43.3 Å². The van der Waals surface area contributed by atoms with Crippen LogP contribution in [0.3, 0.4) is 0 Å². The summed E-state index contributed by atoms with van der Waals surface area (Å²) in [6.45, 7) is 3.99. The third kappa shape index (κ3) is 3.32. The van der Waals surface area contributed by atoms with Crippen molar-refractivity contribution < 1.29 is 4.79 Å². The second-order valence-electron chi connectivity index (χ2n) is 11.4. The normalized spacial score (nSPS) is 31.0. The van der Waals surface area contributed by atoms with Crippen molar-refractivity contribution in [1.82, 2.24) is 18.8 Å². The lowest BCUT2D eigenvalue weighted by atomic mass is 10.2. The van der Waals surface area contributed by atoms with E-state index in [1.165, 1.54) is 17.4 Å². The first-order chi connectivity index (χ1) is 15.9. The van der Waals surface area contributed by atoms with Gasteiger partial charge in [-0.3, -0.25) is 23.4 Å². The van der Waals surface area contributed by atoms with E-state index in [2.05, 4.69) is 11.6 Å². The predicted molar refractivity (Wildman–Crippen MR) is 127 cm³/mol. The number of aromatic nitrogens is 2. The molecule has 174 valence electrons. The Bertz CT molecular complexity index is 1300. The molecule has 2 aromatic rings. The van der Waals surface area contributed by atoms with Crippen LogP contribution in [0.2, 0.25) is 0 Å². The smallest absolute Gasteiger partial charge is 0.331 e. The lowest BCUT2D eigenvalue weighted by Gasteiger charge is -2.20. The van der Waals surface area contributed by atoms with Gasteiger partial charge in [-0.1, -0.05) is 0 Å². The SMILES string of the molecule is CC1(NSc2ccc3c(c2)c(=O)n(C2CCN(C(=O)C45CC4C5)C2)c(=O)n3CC2CC2)CC1. The number of hydrogen-bond donors (Lipinski definition) is 1. The summed E-state index contributed by atoms with van der Waals surface area (Å²) in [7, 11) is 0. The number of likely N-dealkylation sites (tertiary alicyclic amines) is 1. The average Bonchev–Trinajstić information content (AvgIpc) is 3.64. The fourth-order valence-corrected chi connectivity index (χ4v) is 6.35.